The molecule has 2 heterocycles. The van der Waals surface area contributed by atoms with Gasteiger partial charge in [-0.05, 0) is 37.3 Å². The van der Waals surface area contributed by atoms with Crippen molar-refractivity contribution in [1.29, 1.82) is 0 Å². The molecular weight excluding hydrogens is 366 g/mol. The number of furan rings is 1. The number of nitrogens with one attached hydrogen (secondary N) is 2. The van der Waals surface area contributed by atoms with Crippen LogP contribution in [0.2, 0.25) is 0 Å². The van der Waals surface area contributed by atoms with Crippen LogP contribution in [0.25, 0.3) is 0 Å². The lowest BCUT2D eigenvalue weighted by atomic mass is 10.1. The summed E-state index contributed by atoms with van der Waals surface area (Å²) in [5, 5.41) is 4.25. The van der Waals surface area contributed by atoms with E-state index in [0.717, 1.165) is 10.6 Å². The summed E-state index contributed by atoms with van der Waals surface area (Å²) in [5.74, 6) is -0.453. The number of para-hydroxylation sites is 1. The molecule has 0 fully saturated rings. The van der Waals surface area contributed by atoms with Crippen LogP contribution in [0.1, 0.15) is 27.7 Å². The van der Waals surface area contributed by atoms with E-state index >= 15 is 0 Å². The molecule has 2 aromatic carbocycles. The highest BCUT2D eigenvalue weighted by Gasteiger charge is 2.36. The second-order valence-corrected chi connectivity index (χ2v) is 7.89. The summed E-state index contributed by atoms with van der Waals surface area (Å²) in [7, 11) is -3.95. The maximum absolute atomic E-state index is 13.0. The molecule has 1 atom stereocenters. The summed E-state index contributed by atoms with van der Waals surface area (Å²) in [6.45, 7) is 1.87. The van der Waals surface area contributed by atoms with Crippen LogP contribution in [0.4, 0.5) is 5.69 Å². The number of fused-ring (bicyclic) bond motifs is 1. The second-order valence-electron chi connectivity index (χ2n) is 6.23. The zero-order valence-electron chi connectivity index (χ0n) is 14.4. The standard InChI is InChI=1S/C19H17N3O4S/c1-13-6-8-15(9-7-13)27(24,25)21-22-18(14-10-11-26-12-14)20-17-5-3-2-4-16(17)19(22)23/h2-12,18,20-21H,1H3/t18-/m1/s1. The summed E-state index contributed by atoms with van der Waals surface area (Å²) in [5.41, 5.74) is 2.56. The van der Waals surface area contributed by atoms with Crippen molar-refractivity contribution < 1.29 is 17.6 Å². The third-order valence-electron chi connectivity index (χ3n) is 4.34. The number of aryl methyl sites for hydroxylation is 1. The molecule has 3 aromatic rings. The van der Waals surface area contributed by atoms with E-state index < -0.39 is 22.1 Å². The molecule has 138 valence electrons. The zero-order chi connectivity index (χ0) is 19.0. The Bertz CT molecular complexity index is 1080. The van der Waals surface area contributed by atoms with Gasteiger partial charge in [0.25, 0.3) is 15.9 Å². The van der Waals surface area contributed by atoms with E-state index in [1.54, 1.807) is 42.5 Å². The van der Waals surface area contributed by atoms with Crippen molar-refractivity contribution in [3.63, 3.8) is 0 Å². The molecule has 1 amide bonds. The first-order valence-corrected chi connectivity index (χ1v) is 9.74. The number of rotatable bonds is 4. The Labute approximate surface area is 156 Å². The predicted molar refractivity (Wildman–Crippen MR) is 99.2 cm³/mol. The van der Waals surface area contributed by atoms with Gasteiger partial charge in [-0.2, -0.15) is 0 Å². The van der Waals surface area contributed by atoms with Crippen LogP contribution in [0, 0.1) is 6.92 Å². The quantitative estimate of drug-likeness (QED) is 0.723. The van der Waals surface area contributed by atoms with Crippen molar-refractivity contribution in [2.24, 2.45) is 0 Å². The minimum atomic E-state index is -3.95. The average molecular weight is 383 g/mol. The Morgan fingerprint density at radius 2 is 1.81 bits per heavy atom. The molecule has 1 aliphatic rings. The smallest absolute Gasteiger partial charge is 0.273 e. The minimum absolute atomic E-state index is 0.0747. The maximum Gasteiger partial charge on any atom is 0.273 e. The van der Waals surface area contributed by atoms with Crippen molar-refractivity contribution in [3.05, 3.63) is 83.8 Å². The van der Waals surface area contributed by atoms with E-state index in [2.05, 4.69) is 10.1 Å². The molecule has 0 aliphatic carbocycles. The van der Waals surface area contributed by atoms with E-state index in [0.29, 0.717) is 16.8 Å². The van der Waals surface area contributed by atoms with Gasteiger partial charge in [0.2, 0.25) is 0 Å². The molecular formula is C19H17N3O4S. The van der Waals surface area contributed by atoms with E-state index in [9.17, 15) is 13.2 Å². The van der Waals surface area contributed by atoms with E-state index in [4.69, 9.17) is 4.42 Å². The molecule has 1 aliphatic heterocycles. The SMILES string of the molecule is Cc1ccc(S(=O)(=O)NN2C(=O)c3ccccc3N[C@H]2c2ccoc2)cc1. The van der Waals surface area contributed by atoms with Gasteiger partial charge < -0.3 is 9.73 Å². The molecule has 0 bridgehead atoms. The molecule has 0 spiro atoms. The highest BCUT2D eigenvalue weighted by molar-refractivity contribution is 7.89. The van der Waals surface area contributed by atoms with Crippen LogP contribution in [0.5, 0.6) is 0 Å². The van der Waals surface area contributed by atoms with Crippen LogP contribution in [0.15, 0.2) is 76.4 Å². The second kappa shape index (κ2) is 6.57. The summed E-state index contributed by atoms with van der Waals surface area (Å²) in [6.07, 6.45) is 2.19. The first-order valence-electron chi connectivity index (χ1n) is 8.26. The van der Waals surface area contributed by atoms with E-state index in [1.165, 1.54) is 24.7 Å². The first kappa shape index (κ1) is 17.3. The Morgan fingerprint density at radius 3 is 2.52 bits per heavy atom. The number of hydrogen-bond acceptors (Lipinski definition) is 5. The number of sulfonamides is 1. The zero-order valence-corrected chi connectivity index (χ0v) is 15.2. The molecule has 8 heteroatoms. The lowest BCUT2D eigenvalue weighted by Crippen LogP contribution is -2.52. The molecule has 0 radical (unpaired) electrons. The Hall–Kier alpha value is -3.10. The van der Waals surface area contributed by atoms with Crippen molar-refractivity contribution in [3.8, 4) is 0 Å². The largest absolute Gasteiger partial charge is 0.472 e. The van der Waals surface area contributed by atoms with Gasteiger partial charge in [-0.25, -0.2) is 13.4 Å². The van der Waals surface area contributed by atoms with Gasteiger partial charge in [-0.15, -0.1) is 4.83 Å². The summed E-state index contributed by atoms with van der Waals surface area (Å²) >= 11 is 0. The van der Waals surface area contributed by atoms with Crippen molar-refractivity contribution in [1.82, 2.24) is 9.84 Å². The van der Waals surface area contributed by atoms with Crippen LogP contribution in [0.3, 0.4) is 0 Å². The van der Waals surface area contributed by atoms with Crippen LogP contribution in [-0.4, -0.2) is 19.3 Å². The molecule has 27 heavy (non-hydrogen) atoms. The topological polar surface area (TPSA) is 91.7 Å². The van der Waals surface area contributed by atoms with Gasteiger partial charge in [0.1, 0.15) is 6.17 Å². The molecule has 0 saturated carbocycles. The number of benzene rings is 2. The van der Waals surface area contributed by atoms with Gasteiger partial charge in [0.15, 0.2) is 0 Å². The lowest BCUT2D eigenvalue weighted by molar-refractivity contribution is 0.0632. The number of carbonyl (C=O) groups is 1. The Balaban J connectivity index is 1.74. The number of amides is 1. The highest BCUT2D eigenvalue weighted by atomic mass is 32.2. The Kier molecular flexibility index (Phi) is 4.21. The van der Waals surface area contributed by atoms with E-state index in [1.807, 2.05) is 6.92 Å². The van der Waals surface area contributed by atoms with Gasteiger partial charge in [0, 0.05) is 11.3 Å². The molecule has 0 unspecified atom stereocenters. The van der Waals surface area contributed by atoms with Crippen molar-refractivity contribution >= 4 is 21.6 Å². The number of nitrogens with zero attached hydrogens (tertiary/aromatic N) is 1. The predicted octanol–water partition coefficient (Wildman–Crippen LogP) is 3.05. The summed E-state index contributed by atoms with van der Waals surface area (Å²) in [4.78, 5) is 15.5. The number of hydrazine groups is 1. The van der Waals surface area contributed by atoms with Crippen LogP contribution < -0.4 is 10.1 Å². The van der Waals surface area contributed by atoms with Crippen LogP contribution in [-0.2, 0) is 10.0 Å². The summed E-state index contributed by atoms with van der Waals surface area (Å²) < 4.78 is 30.8. The fraction of sp³-hybridized carbons (Fsp3) is 0.105. The summed E-state index contributed by atoms with van der Waals surface area (Å²) in [6, 6.07) is 15.0. The average Bonchev–Trinajstić information content (AvgIpc) is 3.19. The number of hydrogen-bond donors (Lipinski definition) is 2. The minimum Gasteiger partial charge on any atom is -0.472 e. The van der Waals surface area contributed by atoms with Gasteiger partial charge in [0.05, 0.1) is 23.0 Å². The fourth-order valence-electron chi connectivity index (χ4n) is 2.91. The molecule has 2 N–H and O–H groups in total. The molecule has 4 rings (SSSR count). The fourth-order valence-corrected chi connectivity index (χ4v) is 3.96. The van der Waals surface area contributed by atoms with E-state index in [-0.39, 0.29) is 4.90 Å². The Morgan fingerprint density at radius 1 is 1.07 bits per heavy atom. The van der Waals surface area contributed by atoms with Gasteiger partial charge >= 0.3 is 0 Å². The normalized spacial score (nSPS) is 16.7. The number of anilines is 1. The van der Waals surface area contributed by atoms with Crippen LogP contribution >= 0.6 is 0 Å². The van der Waals surface area contributed by atoms with Crippen molar-refractivity contribution in [2.75, 3.05) is 5.32 Å². The number of carbonyl (C=O) groups excluding carboxylic acids is 1. The highest BCUT2D eigenvalue weighted by Crippen LogP contribution is 2.32. The van der Waals surface area contributed by atoms with Crippen molar-refractivity contribution in [2.45, 2.75) is 18.0 Å². The van der Waals surface area contributed by atoms with Gasteiger partial charge in [-0.1, -0.05) is 29.8 Å². The van der Waals surface area contributed by atoms with Gasteiger partial charge in [-0.3, -0.25) is 4.79 Å². The third-order valence-corrected chi connectivity index (χ3v) is 5.67. The maximum atomic E-state index is 13.0. The molecule has 0 saturated heterocycles. The first-order chi connectivity index (χ1) is 13.0. The monoisotopic (exact) mass is 383 g/mol. The third kappa shape index (κ3) is 3.20. The molecule has 1 aromatic heterocycles. The lowest BCUT2D eigenvalue weighted by Gasteiger charge is -2.36. The molecule has 7 nitrogen and oxygen atoms in total.